The number of aromatic hydroxyl groups is 1. The predicted octanol–water partition coefficient (Wildman–Crippen LogP) is 7.72. The smallest absolute Gasteiger partial charge is 0.146 e. The van der Waals surface area contributed by atoms with Crippen molar-refractivity contribution in [1.82, 2.24) is 14.1 Å². The van der Waals surface area contributed by atoms with Crippen LogP contribution in [0.15, 0.2) is 30.3 Å². The highest BCUT2D eigenvalue weighted by molar-refractivity contribution is 6.31. The molecule has 1 N–H and O–H groups in total. The monoisotopic (exact) mass is 427 g/mol. The van der Waals surface area contributed by atoms with Gasteiger partial charge in [0.1, 0.15) is 22.5 Å². The van der Waals surface area contributed by atoms with E-state index in [9.17, 15) is 5.11 Å². The summed E-state index contributed by atoms with van der Waals surface area (Å²) < 4.78 is 4.11. The quantitative estimate of drug-likeness (QED) is 0.244. The van der Waals surface area contributed by atoms with Gasteiger partial charge < -0.3 is 5.11 Å². The van der Waals surface area contributed by atoms with Gasteiger partial charge in [-0.1, -0.05) is 82.9 Å². The number of nitrogens with zero attached hydrogens (tertiary/aromatic N) is 3. The fourth-order valence-electron chi connectivity index (χ4n) is 4.58. The van der Waals surface area contributed by atoms with Crippen molar-refractivity contribution in [1.29, 1.82) is 0 Å². The topological polar surface area (TPSA) is 34.0 Å². The van der Waals surface area contributed by atoms with E-state index in [-0.39, 0.29) is 0 Å². The summed E-state index contributed by atoms with van der Waals surface area (Å²) in [6.07, 6.45) is 11.8. The number of unbranched alkanes of at least 4 members (excludes halogenated alkanes) is 7. The van der Waals surface area contributed by atoms with Gasteiger partial charge in [0, 0.05) is 5.02 Å². The molecule has 5 heteroatoms. The molecule has 4 nitrogen and oxygen atoms in total. The molecule has 0 spiro atoms. The maximum atomic E-state index is 11.1. The number of aryl methyl sites for hydroxylation is 1. The Morgan fingerprint density at radius 2 is 1.57 bits per heavy atom. The molecule has 1 atom stereocenters. The molecule has 0 aliphatic rings. The molecular formula is C25H34ClN3O. The first-order valence-electron chi connectivity index (χ1n) is 11.6. The molecule has 30 heavy (non-hydrogen) atoms. The lowest BCUT2D eigenvalue weighted by atomic mass is 9.92. The minimum absolute atomic E-state index is 0.350. The molecule has 0 fully saturated rings. The Labute approximate surface area is 184 Å². The first-order valence-corrected chi connectivity index (χ1v) is 11.9. The zero-order valence-corrected chi connectivity index (χ0v) is 19.3. The van der Waals surface area contributed by atoms with E-state index in [2.05, 4.69) is 37.5 Å². The summed E-state index contributed by atoms with van der Waals surface area (Å²) in [6, 6.07) is 10.1. The normalized spacial score (nSPS) is 13.2. The van der Waals surface area contributed by atoms with Crippen LogP contribution < -0.4 is 0 Å². The standard InChI is InChI=1S/C25H34ClN3O/c1-4-5-6-7-8-9-10-11-12-19(3)21-15-18(2)16-24(25(21)30)29-27-22-14-13-20(26)17-23(22)28(27)29/h13-17,19,30H,4-12H2,1-3H3. The van der Waals surface area contributed by atoms with Gasteiger partial charge in [-0.25, -0.2) is 0 Å². The van der Waals surface area contributed by atoms with Gasteiger partial charge in [-0.2, -0.15) is 0 Å². The maximum absolute atomic E-state index is 11.1. The van der Waals surface area contributed by atoms with Crippen molar-refractivity contribution in [2.24, 2.45) is 0 Å². The molecule has 4 rings (SSSR count). The van der Waals surface area contributed by atoms with Crippen LogP contribution in [0.25, 0.3) is 16.7 Å². The van der Waals surface area contributed by atoms with Gasteiger partial charge in [0.2, 0.25) is 0 Å². The zero-order valence-electron chi connectivity index (χ0n) is 18.5. The number of phenols is 1. The van der Waals surface area contributed by atoms with Crippen molar-refractivity contribution >= 4 is 22.6 Å². The van der Waals surface area contributed by atoms with E-state index in [4.69, 9.17) is 11.6 Å². The minimum atomic E-state index is 0.350. The lowest BCUT2D eigenvalue weighted by Gasteiger charge is -2.16. The third-order valence-corrected chi connectivity index (χ3v) is 6.61. The van der Waals surface area contributed by atoms with Crippen LogP contribution in [0.1, 0.15) is 88.7 Å². The Kier molecular flexibility index (Phi) is 6.33. The zero-order chi connectivity index (χ0) is 21.3. The molecule has 2 heterocycles. The molecule has 0 bridgehead atoms. The van der Waals surface area contributed by atoms with E-state index in [0.29, 0.717) is 11.7 Å². The van der Waals surface area contributed by atoms with Gasteiger partial charge in [0.05, 0.1) is 0 Å². The molecule has 2 aromatic carbocycles. The second-order valence-electron chi connectivity index (χ2n) is 8.89. The van der Waals surface area contributed by atoms with E-state index in [0.717, 1.165) is 33.7 Å². The van der Waals surface area contributed by atoms with E-state index >= 15 is 0 Å². The average Bonchev–Trinajstić information content (AvgIpc) is 3.39. The second-order valence-corrected chi connectivity index (χ2v) is 9.32. The lowest BCUT2D eigenvalue weighted by Crippen LogP contribution is -1.99. The van der Waals surface area contributed by atoms with Crippen molar-refractivity contribution in [3.05, 3.63) is 46.5 Å². The molecular weight excluding hydrogens is 394 g/mol. The number of benzene rings is 2. The molecule has 0 saturated carbocycles. The number of halogens is 1. The van der Waals surface area contributed by atoms with Crippen molar-refractivity contribution in [2.75, 3.05) is 0 Å². The summed E-state index contributed by atoms with van der Waals surface area (Å²) in [5, 5.41) is 11.8. The molecule has 0 aliphatic carbocycles. The molecule has 1 unspecified atom stereocenters. The Bertz CT molecular complexity index is 1100. The molecule has 0 aliphatic heterocycles. The van der Waals surface area contributed by atoms with Crippen LogP contribution in [0.3, 0.4) is 0 Å². The van der Waals surface area contributed by atoms with Gasteiger partial charge in [0.25, 0.3) is 0 Å². The van der Waals surface area contributed by atoms with E-state index in [1.54, 1.807) is 0 Å². The summed E-state index contributed by atoms with van der Waals surface area (Å²) in [7, 11) is 0. The predicted molar refractivity (Wildman–Crippen MR) is 126 cm³/mol. The first-order chi connectivity index (χ1) is 14.5. The van der Waals surface area contributed by atoms with Gasteiger partial charge in [0.15, 0.2) is 0 Å². The summed E-state index contributed by atoms with van der Waals surface area (Å²) in [5.74, 6) is 0.752. The van der Waals surface area contributed by atoms with E-state index in [1.165, 1.54) is 56.9 Å². The molecule has 4 aromatic rings. The minimum Gasteiger partial charge on any atom is -0.505 e. The highest BCUT2D eigenvalue weighted by Crippen LogP contribution is 2.38. The summed E-state index contributed by atoms with van der Waals surface area (Å²) in [5.41, 5.74) is 5.28. The number of phenolic OH excluding ortho intramolecular Hbond substituents is 1. The van der Waals surface area contributed by atoms with Crippen LogP contribution in [0.2, 0.25) is 5.02 Å². The average molecular weight is 428 g/mol. The van der Waals surface area contributed by atoms with Crippen molar-refractivity contribution in [3.63, 3.8) is 0 Å². The van der Waals surface area contributed by atoms with Crippen LogP contribution in [-0.4, -0.2) is 19.2 Å². The Balaban J connectivity index is 1.42. The first kappa shape index (κ1) is 21.2. The summed E-state index contributed by atoms with van der Waals surface area (Å²) in [6.45, 7) is 6.61. The highest BCUT2D eigenvalue weighted by Gasteiger charge is 2.27. The fraction of sp³-hybridized carbons (Fsp3) is 0.520. The lowest BCUT2D eigenvalue weighted by molar-refractivity contribution is 0.453. The number of aromatic nitrogens is 3. The molecule has 0 radical (unpaired) electrons. The third-order valence-electron chi connectivity index (χ3n) is 6.38. The van der Waals surface area contributed by atoms with Crippen LogP contribution in [-0.2, 0) is 0 Å². The van der Waals surface area contributed by atoms with Crippen molar-refractivity contribution in [3.8, 4) is 11.4 Å². The Hall–Kier alpha value is -2.07. The molecule has 0 saturated heterocycles. The highest BCUT2D eigenvalue weighted by atomic mass is 35.5. The largest absolute Gasteiger partial charge is 0.505 e. The van der Waals surface area contributed by atoms with Gasteiger partial charge in [-0.15, -0.1) is 14.1 Å². The van der Waals surface area contributed by atoms with Crippen LogP contribution in [0.5, 0.6) is 5.75 Å². The molecule has 2 aromatic heterocycles. The number of hydrogen-bond acceptors (Lipinski definition) is 1. The van der Waals surface area contributed by atoms with Crippen LogP contribution in [0.4, 0.5) is 0 Å². The van der Waals surface area contributed by atoms with Crippen LogP contribution in [0, 0.1) is 6.92 Å². The van der Waals surface area contributed by atoms with Gasteiger partial charge >= 0.3 is 0 Å². The number of hydrogen-bond donors (Lipinski definition) is 1. The van der Waals surface area contributed by atoms with Crippen LogP contribution >= 0.6 is 11.6 Å². The second kappa shape index (κ2) is 8.97. The summed E-state index contributed by atoms with van der Waals surface area (Å²) in [4.78, 5) is 2.02. The molecule has 162 valence electrons. The molecule has 0 amide bonds. The summed E-state index contributed by atoms with van der Waals surface area (Å²) >= 11 is 6.14. The van der Waals surface area contributed by atoms with Crippen molar-refractivity contribution < 1.29 is 5.11 Å². The van der Waals surface area contributed by atoms with Gasteiger partial charge in [-0.3, -0.25) is 0 Å². The Morgan fingerprint density at radius 3 is 2.30 bits per heavy atom. The SMILES string of the molecule is CCCCCCCCCCC(C)c1cc(C)cc(-n2n3c4ccc(Cl)cc4n23)c1O. The maximum Gasteiger partial charge on any atom is 0.146 e. The fourth-order valence-corrected chi connectivity index (χ4v) is 4.74. The number of rotatable bonds is 11. The van der Waals surface area contributed by atoms with E-state index < -0.39 is 0 Å². The Morgan fingerprint density at radius 1 is 0.900 bits per heavy atom. The van der Waals surface area contributed by atoms with E-state index in [1.807, 2.05) is 27.6 Å². The van der Waals surface area contributed by atoms with Gasteiger partial charge in [-0.05, 0) is 54.7 Å². The number of fused-ring (bicyclic) bond motifs is 4. The third kappa shape index (κ3) is 4.07. The van der Waals surface area contributed by atoms with Crippen molar-refractivity contribution in [2.45, 2.75) is 84.5 Å².